The third-order valence-electron chi connectivity index (χ3n) is 0. The van der Waals surface area contributed by atoms with E-state index in [4.69, 9.17) is 0 Å². The van der Waals surface area contributed by atoms with E-state index in [1.165, 1.54) is 0 Å². The van der Waals surface area contributed by atoms with E-state index in [1.807, 2.05) is 40.1 Å². The van der Waals surface area contributed by atoms with Crippen molar-refractivity contribution in [2.45, 2.75) is 124 Å². The summed E-state index contributed by atoms with van der Waals surface area (Å²) in [5.74, 6) is 0. The van der Waals surface area contributed by atoms with Crippen LogP contribution in [0, 0.1) is 6.55 Å². The van der Waals surface area contributed by atoms with E-state index >= 15 is 0 Å². The molecule has 0 unspecified atom stereocenters. The summed E-state index contributed by atoms with van der Waals surface area (Å²) in [5.41, 5.74) is 0. The average molecular weight is 585 g/mol. The van der Waals surface area contributed by atoms with Gasteiger partial charge < -0.3 is 4.90 Å². The Balaban J connectivity index is -0.0000000380. The number of hydrogen-bond donors (Lipinski definition) is 0. The molecule has 8 heteroatoms. The first-order valence-corrected chi connectivity index (χ1v) is 32.1. The number of nitrogens with zero attached hydrogens (tertiary/aromatic N) is 2. The average Bonchev–Trinajstić information content (AvgIpc) is 2.27. The van der Waals surface area contributed by atoms with Crippen LogP contribution in [0.25, 0.3) is 0 Å². The SMILES string of the molecule is C=[N+](C)C.CN(C)C.C[Si](C)(C)C.C[Si](C)C.C[Si](C)C.C[Si](C)C.C[Si](C)C.[CH2+][Si](C)(C)C. The van der Waals surface area contributed by atoms with Gasteiger partial charge in [-0.15, -0.1) is 0 Å². The fourth-order valence-corrected chi connectivity index (χ4v) is 0. The Morgan fingerprint density at radius 2 is 0.529 bits per heavy atom. The van der Waals surface area contributed by atoms with Crippen molar-refractivity contribution < 1.29 is 4.58 Å². The molecule has 0 aliphatic rings. The van der Waals surface area contributed by atoms with Crippen LogP contribution < -0.4 is 0 Å². The van der Waals surface area contributed by atoms with Crippen molar-refractivity contribution in [3.05, 3.63) is 6.55 Å². The summed E-state index contributed by atoms with van der Waals surface area (Å²) >= 11 is 0. The number of rotatable bonds is 0. The van der Waals surface area contributed by atoms with Gasteiger partial charge in [0.1, 0.15) is 20.8 Å². The Labute approximate surface area is 232 Å². The summed E-state index contributed by atoms with van der Waals surface area (Å²) in [5, 5.41) is 0. The molecule has 2 nitrogen and oxygen atoms in total. The van der Waals surface area contributed by atoms with E-state index < -0.39 is 16.1 Å². The van der Waals surface area contributed by atoms with Gasteiger partial charge >= 0.3 is 0 Å². The van der Waals surface area contributed by atoms with Gasteiger partial charge in [-0.1, -0.05) is 105 Å². The monoisotopic (exact) mass is 584 g/mol. The fraction of sp³-hybridized carbons (Fsp3) is 0.923. The molecule has 0 rings (SSSR count). The predicted molar refractivity (Wildman–Crippen MR) is 190 cm³/mol. The van der Waals surface area contributed by atoms with Crippen molar-refractivity contribution in [1.82, 2.24) is 4.90 Å². The Kier molecular flexibility index (Phi) is 62.4. The second kappa shape index (κ2) is 38.3. The standard InChI is InChI=1S/C4H12Si.C4H11Si.C3H9N.C3H8N.4C3H9Si/c2*1-5(2,3)4;6*1-4(2)3/h1-4H3;1H2,2-4H3;1-3H3;1H2,2-3H3;4*1-3H3/q;+1;;+1;;;;. The third kappa shape index (κ3) is 51700. The molecule has 0 aliphatic carbocycles. The van der Waals surface area contributed by atoms with Crippen LogP contribution in [0.5, 0.6) is 0 Å². The summed E-state index contributed by atoms with van der Waals surface area (Å²) in [4.78, 5) is 2.00. The van der Waals surface area contributed by atoms with E-state index in [2.05, 4.69) is 138 Å². The lowest BCUT2D eigenvalue weighted by Gasteiger charge is -2.01. The largest absolute Gasteiger partial charge is 0.312 e. The highest BCUT2D eigenvalue weighted by Crippen LogP contribution is 1.94. The van der Waals surface area contributed by atoms with Gasteiger partial charge in [0.25, 0.3) is 8.07 Å². The lowest BCUT2D eigenvalue weighted by atomic mass is 11.0. The molecule has 0 fully saturated rings. The first-order valence-electron chi connectivity index (χ1n) is 12.4. The molecule has 0 aliphatic heterocycles. The molecule has 0 N–H and O–H groups in total. The second-order valence-electron chi connectivity index (χ2n) is 14.0. The predicted octanol–water partition coefficient (Wildman–Crippen LogP) is 9.27. The third-order valence-corrected chi connectivity index (χ3v) is 0. The Hall–Kier alpha value is 0.801. The molecule has 34 heavy (non-hydrogen) atoms. The maximum absolute atomic E-state index is 3.91. The molecule has 0 aromatic heterocycles. The van der Waals surface area contributed by atoms with Gasteiger partial charge in [0.2, 0.25) is 0 Å². The van der Waals surface area contributed by atoms with Gasteiger partial charge in [-0.25, -0.2) is 4.58 Å². The van der Waals surface area contributed by atoms with Crippen LogP contribution in [-0.2, 0) is 0 Å². The van der Waals surface area contributed by atoms with Crippen molar-refractivity contribution >= 4 is 58.1 Å². The molecule has 0 heterocycles. The van der Waals surface area contributed by atoms with Gasteiger partial charge in [0, 0.05) is 49.8 Å². The van der Waals surface area contributed by atoms with Crippen molar-refractivity contribution in [2.24, 2.45) is 0 Å². The molecule has 0 bridgehead atoms. The summed E-state index contributed by atoms with van der Waals surface area (Å²) in [7, 11) is 8.79. The van der Waals surface area contributed by atoms with Crippen molar-refractivity contribution in [3.63, 3.8) is 0 Å². The highest BCUT2D eigenvalue weighted by molar-refractivity contribution is 6.77. The van der Waals surface area contributed by atoms with E-state index in [0.717, 1.165) is 0 Å². The van der Waals surface area contributed by atoms with Gasteiger partial charge in [-0.05, 0) is 40.8 Å². The minimum Gasteiger partial charge on any atom is -0.312 e. The van der Waals surface area contributed by atoms with E-state index in [1.54, 1.807) is 4.58 Å². The Morgan fingerprint density at radius 3 is 0.529 bits per heavy atom. The molecular weight excluding hydrogens is 509 g/mol. The van der Waals surface area contributed by atoms with Crippen molar-refractivity contribution in [2.75, 3.05) is 35.2 Å². The molecule has 0 saturated carbocycles. The van der Waals surface area contributed by atoms with Crippen LogP contribution >= 0.6 is 0 Å². The van der Waals surface area contributed by atoms with Crippen LogP contribution in [0.3, 0.4) is 0 Å². The highest BCUT2D eigenvalue weighted by Gasteiger charge is 2.13. The van der Waals surface area contributed by atoms with Crippen LogP contribution in [0.15, 0.2) is 0 Å². The molecule has 4 radical (unpaired) electrons. The van der Waals surface area contributed by atoms with Gasteiger partial charge in [0.15, 0.2) is 0 Å². The van der Waals surface area contributed by atoms with Crippen molar-refractivity contribution in [3.8, 4) is 0 Å². The van der Waals surface area contributed by atoms with Gasteiger partial charge in [-0.3, -0.25) is 0 Å². The normalized spacial score (nSPS) is 9.56. The Morgan fingerprint density at radius 1 is 0.529 bits per heavy atom. The minimum atomic E-state index is -0.861. The Bertz CT molecular complexity index is 257. The smallest absolute Gasteiger partial charge is 0.256 e. The first kappa shape index (κ1) is 55.4. The second-order valence-corrected chi connectivity index (χ2v) is 37.1. The summed E-state index contributed by atoms with van der Waals surface area (Å²) in [6, 6.07) is 0. The van der Waals surface area contributed by atoms with Crippen LogP contribution in [0.1, 0.15) is 0 Å². The van der Waals surface area contributed by atoms with E-state index in [9.17, 15) is 0 Å². The highest BCUT2D eigenvalue weighted by atomic mass is 28.3. The summed E-state index contributed by atoms with van der Waals surface area (Å²) < 4.78 is 1.75. The van der Waals surface area contributed by atoms with E-state index in [-0.39, 0.29) is 35.2 Å². The van der Waals surface area contributed by atoms with Crippen LogP contribution in [-0.4, -0.2) is 103 Å². The molecule has 0 aromatic rings. The summed E-state index contributed by atoms with van der Waals surface area (Å²) in [6.45, 7) is 50.6. The lowest BCUT2D eigenvalue weighted by Crippen LogP contribution is -2.12. The summed E-state index contributed by atoms with van der Waals surface area (Å²) in [6.07, 6.45) is 0. The van der Waals surface area contributed by atoms with Crippen LogP contribution in [0.4, 0.5) is 0 Å². The van der Waals surface area contributed by atoms with Crippen LogP contribution in [0.2, 0.25) is 124 Å². The zero-order chi connectivity index (χ0) is 30.5. The molecule has 0 amide bonds. The van der Waals surface area contributed by atoms with E-state index in [0.29, 0.717) is 0 Å². The molecule has 212 valence electrons. The molecule has 0 saturated heterocycles. The maximum Gasteiger partial charge on any atom is 0.256 e. The molecular formula is C26H76N2Si6+2. The molecule has 0 spiro atoms. The zero-order valence-corrected chi connectivity index (χ0v) is 35.3. The van der Waals surface area contributed by atoms with Gasteiger partial charge in [-0.2, -0.15) is 0 Å². The maximum atomic E-state index is 3.91. The topological polar surface area (TPSA) is 6.25 Å². The van der Waals surface area contributed by atoms with Gasteiger partial charge in [0.05, 0.1) is 0 Å². The first-order chi connectivity index (χ1) is 14.4. The lowest BCUT2D eigenvalue weighted by molar-refractivity contribution is -0.454. The van der Waals surface area contributed by atoms with Crippen molar-refractivity contribution in [1.29, 1.82) is 0 Å². The number of hydrogen-bond acceptors (Lipinski definition) is 1. The molecule has 0 aromatic carbocycles. The zero-order valence-electron chi connectivity index (χ0n) is 29.3. The molecule has 0 atom stereocenters. The minimum absolute atomic E-state index is 0.120. The quantitative estimate of drug-likeness (QED) is 0.119. The fourth-order valence-electron chi connectivity index (χ4n) is 0.